The first-order chi connectivity index (χ1) is 11.4. The summed E-state index contributed by atoms with van der Waals surface area (Å²) in [5.74, 6) is 0.377. The number of thiocarbonyl (C=S) groups is 1. The van der Waals surface area contributed by atoms with Crippen LogP contribution in [0.4, 0.5) is 5.69 Å². The molecule has 0 aliphatic rings. The highest BCUT2D eigenvalue weighted by Crippen LogP contribution is 2.40. The molecule has 0 amide bonds. The van der Waals surface area contributed by atoms with Gasteiger partial charge in [-0.2, -0.15) is 0 Å². The van der Waals surface area contributed by atoms with Crippen molar-refractivity contribution >= 4 is 22.9 Å². The molecule has 0 saturated heterocycles. The molecule has 0 aliphatic heterocycles. The Morgan fingerprint density at radius 1 is 0.920 bits per heavy atom. The number of hydrogen-bond acceptors (Lipinski definition) is 2. The molecule has 2 N–H and O–H groups in total. The van der Waals surface area contributed by atoms with E-state index in [0.29, 0.717) is 10.7 Å². The molecule has 0 aliphatic carbocycles. The van der Waals surface area contributed by atoms with Crippen molar-refractivity contribution in [1.82, 2.24) is 0 Å². The van der Waals surface area contributed by atoms with Gasteiger partial charge in [-0.3, -0.25) is 0 Å². The first-order valence-electron chi connectivity index (χ1n) is 8.66. The Balaban J connectivity index is 2.54. The zero-order valence-corrected chi connectivity index (χ0v) is 17.1. The van der Waals surface area contributed by atoms with Gasteiger partial charge in [-0.15, -0.1) is 0 Å². The first kappa shape index (κ1) is 19.5. The number of hydrogen-bond donors (Lipinski definition) is 2. The molecule has 0 saturated carbocycles. The average molecular weight is 356 g/mol. The van der Waals surface area contributed by atoms with Crippen LogP contribution in [0.25, 0.3) is 0 Å². The summed E-state index contributed by atoms with van der Waals surface area (Å²) in [7, 11) is 0. The lowest BCUT2D eigenvalue weighted by molar-refractivity contribution is 0.423. The standard InChI is InChI=1S/C22H29NOS/c1-14-10-8-9-11-18(14)23-20(25)15-12-16(21(2,3)4)19(24)17(13-15)22(5,6)7/h8-13,24H,1-7H3,(H,23,25). The number of phenols is 1. The van der Waals surface area contributed by atoms with Gasteiger partial charge >= 0.3 is 0 Å². The highest BCUT2D eigenvalue weighted by Gasteiger charge is 2.27. The molecule has 0 aromatic heterocycles. The molecule has 3 heteroatoms. The second kappa shape index (κ2) is 6.80. The third-order valence-electron chi connectivity index (χ3n) is 4.38. The van der Waals surface area contributed by atoms with E-state index >= 15 is 0 Å². The lowest BCUT2D eigenvalue weighted by atomic mass is 9.78. The highest BCUT2D eigenvalue weighted by atomic mass is 32.1. The van der Waals surface area contributed by atoms with Gasteiger partial charge in [0.15, 0.2) is 0 Å². The molecule has 0 fully saturated rings. The van der Waals surface area contributed by atoms with Gasteiger partial charge in [0.1, 0.15) is 10.7 Å². The summed E-state index contributed by atoms with van der Waals surface area (Å²) in [6.07, 6.45) is 0. The van der Waals surface area contributed by atoms with Crippen LogP contribution in [0.1, 0.15) is 63.8 Å². The van der Waals surface area contributed by atoms with Crippen LogP contribution in [-0.2, 0) is 10.8 Å². The van der Waals surface area contributed by atoms with Crippen molar-refractivity contribution in [3.63, 3.8) is 0 Å². The first-order valence-corrected chi connectivity index (χ1v) is 9.07. The van der Waals surface area contributed by atoms with E-state index in [4.69, 9.17) is 12.2 Å². The number of aryl methyl sites for hydroxylation is 1. The Labute approximate surface area is 157 Å². The van der Waals surface area contributed by atoms with E-state index in [9.17, 15) is 5.11 Å². The van der Waals surface area contributed by atoms with Crippen LogP contribution in [0.5, 0.6) is 5.75 Å². The summed E-state index contributed by atoms with van der Waals surface area (Å²) in [6, 6.07) is 12.1. The van der Waals surface area contributed by atoms with Crippen molar-refractivity contribution < 1.29 is 5.11 Å². The molecule has 0 heterocycles. The van der Waals surface area contributed by atoms with E-state index in [-0.39, 0.29) is 10.8 Å². The summed E-state index contributed by atoms with van der Waals surface area (Å²) in [4.78, 5) is 0.672. The van der Waals surface area contributed by atoms with Gasteiger partial charge in [-0.25, -0.2) is 0 Å². The second-order valence-corrected chi connectivity index (χ2v) is 9.10. The van der Waals surface area contributed by atoms with E-state index in [1.54, 1.807) is 0 Å². The summed E-state index contributed by atoms with van der Waals surface area (Å²) < 4.78 is 0. The van der Waals surface area contributed by atoms with Gasteiger partial charge in [0.2, 0.25) is 0 Å². The fourth-order valence-electron chi connectivity index (χ4n) is 2.82. The SMILES string of the molecule is Cc1ccccc1NC(=S)c1cc(C(C)(C)C)c(O)c(C(C)(C)C)c1. The summed E-state index contributed by atoms with van der Waals surface area (Å²) in [6.45, 7) is 14.7. The van der Waals surface area contributed by atoms with Crippen LogP contribution in [0, 0.1) is 6.92 Å². The van der Waals surface area contributed by atoms with Crippen molar-refractivity contribution in [2.45, 2.75) is 59.3 Å². The Bertz CT molecular complexity index is 759. The normalized spacial score (nSPS) is 12.1. The summed E-state index contributed by atoms with van der Waals surface area (Å²) in [5.41, 5.74) is 4.60. The van der Waals surface area contributed by atoms with Crippen molar-refractivity contribution in [2.75, 3.05) is 5.32 Å². The Hall–Kier alpha value is -1.87. The number of benzene rings is 2. The maximum absolute atomic E-state index is 10.8. The monoisotopic (exact) mass is 355 g/mol. The zero-order chi connectivity index (χ0) is 19.0. The molecular weight excluding hydrogens is 326 g/mol. The molecule has 0 radical (unpaired) electrons. The molecule has 2 aromatic carbocycles. The second-order valence-electron chi connectivity index (χ2n) is 8.69. The van der Waals surface area contributed by atoms with Gasteiger partial charge in [0.05, 0.1) is 0 Å². The minimum Gasteiger partial charge on any atom is -0.507 e. The van der Waals surface area contributed by atoms with Crippen LogP contribution in [-0.4, -0.2) is 10.1 Å². The van der Waals surface area contributed by atoms with Crippen LogP contribution in [0.2, 0.25) is 0 Å². The van der Waals surface area contributed by atoms with Gasteiger partial charge in [-0.1, -0.05) is 72.0 Å². The predicted molar refractivity (Wildman–Crippen MR) is 112 cm³/mol. The Morgan fingerprint density at radius 2 is 1.40 bits per heavy atom. The molecule has 0 bridgehead atoms. The third-order valence-corrected chi connectivity index (χ3v) is 4.72. The molecule has 0 atom stereocenters. The highest BCUT2D eigenvalue weighted by molar-refractivity contribution is 7.81. The molecule has 25 heavy (non-hydrogen) atoms. The number of anilines is 1. The predicted octanol–water partition coefficient (Wildman–Crippen LogP) is 6.08. The molecule has 2 rings (SSSR count). The summed E-state index contributed by atoms with van der Waals surface area (Å²) in [5, 5.41) is 14.2. The van der Waals surface area contributed by atoms with Gasteiger partial charge < -0.3 is 10.4 Å². The smallest absolute Gasteiger partial charge is 0.123 e. The Kier molecular flexibility index (Phi) is 5.29. The fraction of sp³-hybridized carbons (Fsp3) is 0.409. The van der Waals surface area contributed by atoms with Crippen molar-refractivity contribution in [3.05, 3.63) is 58.7 Å². The fourth-order valence-corrected chi connectivity index (χ4v) is 3.04. The van der Waals surface area contributed by atoms with Crippen molar-refractivity contribution in [3.8, 4) is 5.75 Å². The molecule has 2 aromatic rings. The van der Waals surface area contributed by atoms with E-state index in [1.165, 1.54) is 0 Å². The van der Waals surface area contributed by atoms with Crippen LogP contribution >= 0.6 is 12.2 Å². The maximum Gasteiger partial charge on any atom is 0.123 e. The quantitative estimate of drug-likeness (QED) is 0.640. The topological polar surface area (TPSA) is 32.3 Å². The number of nitrogens with one attached hydrogen (secondary N) is 1. The van der Waals surface area contributed by atoms with Crippen LogP contribution in [0.3, 0.4) is 0 Å². The molecule has 0 unspecified atom stereocenters. The van der Waals surface area contributed by atoms with E-state index < -0.39 is 0 Å². The lowest BCUT2D eigenvalue weighted by Gasteiger charge is -2.28. The zero-order valence-electron chi connectivity index (χ0n) is 16.3. The van der Waals surface area contributed by atoms with E-state index in [0.717, 1.165) is 27.9 Å². The third kappa shape index (κ3) is 4.40. The Morgan fingerprint density at radius 3 is 1.84 bits per heavy atom. The minimum atomic E-state index is -0.168. The lowest BCUT2D eigenvalue weighted by Crippen LogP contribution is -2.20. The molecule has 2 nitrogen and oxygen atoms in total. The largest absolute Gasteiger partial charge is 0.507 e. The number of para-hydroxylation sites is 1. The molecule has 134 valence electrons. The molecule has 0 spiro atoms. The van der Waals surface area contributed by atoms with E-state index in [2.05, 4.69) is 59.8 Å². The van der Waals surface area contributed by atoms with Crippen molar-refractivity contribution in [1.29, 1.82) is 0 Å². The maximum atomic E-state index is 10.8. The average Bonchev–Trinajstić information content (AvgIpc) is 2.47. The van der Waals surface area contributed by atoms with Gasteiger partial charge in [-0.05, 0) is 41.5 Å². The van der Waals surface area contributed by atoms with Crippen molar-refractivity contribution in [2.24, 2.45) is 0 Å². The van der Waals surface area contributed by atoms with Crippen LogP contribution < -0.4 is 5.32 Å². The summed E-state index contributed by atoms with van der Waals surface area (Å²) >= 11 is 5.68. The number of phenolic OH excluding ortho intramolecular Hbond substituents is 1. The van der Waals surface area contributed by atoms with E-state index in [1.807, 2.05) is 30.3 Å². The van der Waals surface area contributed by atoms with Crippen LogP contribution in [0.15, 0.2) is 36.4 Å². The minimum absolute atomic E-state index is 0.168. The number of aromatic hydroxyl groups is 1. The number of rotatable bonds is 2. The van der Waals surface area contributed by atoms with Gasteiger partial charge in [0.25, 0.3) is 0 Å². The van der Waals surface area contributed by atoms with Gasteiger partial charge in [0, 0.05) is 22.4 Å². The molecular formula is C22H29NOS.